The molecule has 1 rings (SSSR count). The van der Waals surface area contributed by atoms with Crippen LogP contribution >= 0.6 is 11.3 Å². The van der Waals surface area contributed by atoms with Crippen LogP contribution in [-0.2, 0) is 4.74 Å². The minimum Gasteiger partial charge on any atom is -0.383 e. The van der Waals surface area contributed by atoms with E-state index in [0.29, 0.717) is 19.6 Å². The molecule has 1 heterocycles. The summed E-state index contributed by atoms with van der Waals surface area (Å²) in [5.74, 6) is 0. The summed E-state index contributed by atoms with van der Waals surface area (Å²) < 4.78 is 5.10. The zero-order valence-corrected chi connectivity index (χ0v) is 10.9. The van der Waals surface area contributed by atoms with Gasteiger partial charge in [0, 0.05) is 39.2 Å². The third-order valence-corrected chi connectivity index (χ3v) is 3.39. The summed E-state index contributed by atoms with van der Waals surface area (Å²) in [5, 5.41) is 12.9. The van der Waals surface area contributed by atoms with Crippen molar-refractivity contribution in [3.05, 3.63) is 22.4 Å². The van der Waals surface area contributed by atoms with Gasteiger partial charge >= 0.3 is 0 Å². The van der Waals surface area contributed by atoms with Crippen LogP contribution in [0, 0.1) is 11.3 Å². The predicted molar refractivity (Wildman–Crippen MR) is 69.8 cm³/mol. The third-order valence-electron chi connectivity index (χ3n) is 2.69. The molecule has 1 aromatic rings. The van der Waals surface area contributed by atoms with Crippen LogP contribution in [0.15, 0.2) is 16.8 Å². The molecule has 0 amide bonds. The maximum atomic E-state index is 8.69. The lowest BCUT2D eigenvalue weighted by molar-refractivity contribution is 0.123. The van der Waals surface area contributed by atoms with Crippen LogP contribution < -0.4 is 5.73 Å². The van der Waals surface area contributed by atoms with Gasteiger partial charge in [0.05, 0.1) is 12.7 Å². The number of nitrogens with zero attached hydrogens (tertiary/aromatic N) is 2. The number of rotatable bonds is 8. The summed E-state index contributed by atoms with van der Waals surface area (Å²) >= 11 is 1.67. The SMILES string of the molecule is COCCN(CCC#N)C(CN)c1ccsc1. The minimum atomic E-state index is 0.185. The Morgan fingerprint density at radius 2 is 2.41 bits per heavy atom. The first-order valence-corrected chi connectivity index (χ1v) is 6.59. The van der Waals surface area contributed by atoms with Crippen molar-refractivity contribution in [2.24, 2.45) is 5.73 Å². The first-order chi connectivity index (χ1) is 8.33. The molecule has 0 radical (unpaired) electrons. The predicted octanol–water partition coefficient (Wildman–Crippen LogP) is 1.61. The second-order valence-corrected chi connectivity index (χ2v) is 4.53. The molecule has 0 fully saturated rings. The van der Waals surface area contributed by atoms with Gasteiger partial charge in [-0.3, -0.25) is 4.90 Å². The number of thiophene rings is 1. The average molecular weight is 253 g/mol. The lowest BCUT2D eigenvalue weighted by Gasteiger charge is -2.29. The lowest BCUT2D eigenvalue weighted by atomic mass is 10.1. The van der Waals surface area contributed by atoms with Gasteiger partial charge in [-0.1, -0.05) is 0 Å². The Morgan fingerprint density at radius 3 is 2.94 bits per heavy atom. The maximum Gasteiger partial charge on any atom is 0.0635 e. The lowest BCUT2D eigenvalue weighted by Crippen LogP contribution is -2.36. The van der Waals surface area contributed by atoms with Crippen molar-refractivity contribution in [3.8, 4) is 6.07 Å². The van der Waals surface area contributed by atoms with Crippen molar-refractivity contribution in [1.29, 1.82) is 5.26 Å². The van der Waals surface area contributed by atoms with Gasteiger partial charge in [-0.05, 0) is 22.4 Å². The second kappa shape index (κ2) is 8.20. The smallest absolute Gasteiger partial charge is 0.0635 e. The normalized spacial score (nSPS) is 12.6. The number of nitriles is 1. The van der Waals surface area contributed by atoms with Crippen LogP contribution in [0.25, 0.3) is 0 Å². The second-order valence-electron chi connectivity index (χ2n) is 3.75. The first kappa shape index (κ1) is 14.1. The van der Waals surface area contributed by atoms with Gasteiger partial charge < -0.3 is 10.5 Å². The van der Waals surface area contributed by atoms with Crippen molar-refractivity contribution >= 4 is 11.3 Å². The Bertz CT molecular complexity index is 334. The number of hydrogen-bond acceptors (Lipinski definition) is 5. The highest BCUT2D eigenvalue weighted by Gasteiger charge is 2.18. The van der Waals surface area contributed by atoms with E-state index in [1.54, 1.807) is 18.4 Å². The summed E-state index contributed by atoms with van der Waals surface area (Å²) in [7, 11) is 1.69. The number of methoxy groups -OCH3 is 1. The van der Waals surface area contributed by atoms with E-state index in [9.17, 15) is 0 Å². The van der Waals surface area contributed by atoms with E-state index in [1.807, 2.05) is 0 Å². The molecule has 0 bridgehead atoms. The molecule has 0 aliphatic carbocycles. The van der Waals surface area contributed by atoms with E-state index >= 15 is 0 Å². The average Bonchev–Trinajstić information content (AvgIpc) is 2.86. The quantitative estimate of drug-likeness (QED) is 0.764. The van der Waals surface area contributed by atoms with Crippen LogP contribution in [0.3, 0.4) is 0 Å². The minimum absolute atomic E-state index is 0.185. The number of ether oxygens (including phenoxy) is 1. The fourth-order valence-electron chi connectivity index (χ4n) is 1.79. The topological polar surface area (TPSA) is 62.3 Å². The van der Waals surface area contributed by atoms with E-state index in [2.05, 4.69) is 27.8 Å². The van der Waals surface area contributed by atoms with Crippen molar-refractivity contribution in [2.45, 2.75) is 12.5 Å². The largest absolute Gasteiger partial charge is 0.383 e. The number of nitrogens with two attached hydrogens (primary N) is 1. The molecule has 0 spiro atoms. The van der Waals surface area contributed by atoms with Gasteiger partial charge in [0.2, 0.25) is 0 Å². The Balaban J connectivity index is 2.67. The van der Waals surface area contributed by atoms with Crippen LogP contribution in [0.1, 0.15) is 18.0 Å². The fraction of sp³-hybridized carbons (Fsp3) is 0.583. The molecule has 0 saturated heterocycles. The first-order valence-electron chi connectivity index (χ1n) is 5.65. The zero-order valence-electron chi connectivity index (χ0n) is 10.1. The van der Waals surface area contributed by atoms with E-state index in [1.165, 1.54) is 5.56 Å². The highest BCUT2D eigenvalue weighted by Crippen LogP contribution is 2.22. The zero-order chi connectivity index (χ0) is 12.5. The van der Waals surface area contributed by atoms with Crippen LogP contribution in [-0.4, -0.2) is 38.3 Å². The van der Waals surface area contributed by atoms with E-state index in [0.717, 1.165) is 13.1 Å². The summed E-state index contributed by atoms with van der Waals surface area (Å²) in [4.78, 5) is 2.22. The highest BCUT2D eigenvalue weighted by molar-refractivity contribution is 7.07. The molecule has 4 nitrogen and oxygen atoms in total. The van der Waals surface area contributed by atoms with Gasteiger partial charge in [0.15, 0.2) is 0 Å². The van der Waals surface area contributed by atoms with E-state index in [-0.39, 0.29) is 6.04 Å². The number of hydrogen-bond donors (Lipinski definition) is 1. The standard InChI is InChI=1S/C12H19N3OS/c1-16-7-6-15(5-2-4-13)12(9-14)11-3-8-17-10-11/h3,8,10,12H,2,5-7,9,14H2,1H3. The van der Waals surface area contributed by atoms with Crippen LogP contribution in [0.4, 0.5) is 0 Å². The molecular formula is C12H19N3OS. The summed E-state index contributed by atoms with van der Waals surface area (Å²) in [6.45, 7) is 2.76. The van der Waals surface area contributed by atoms with Gasteiger partial charge in [-0.2, -0.15) is 16.6 Å². The third kappa shape index (κ3) is 4.44. The Morgan fingerprint density at radius 1 is 1.59 bits per heavy atom. The molecular weight excluding hydrogens is 234 g/mol. The molecule has 0 saturated carbocycles. The van der Waals surface area contributed by atoms with Gasteiger partial charge in [0.1, 0.15) is 0 Å². The molecule has 1 aromatic heterocycles. The molecule has 0 aliphatic heterocycles. The van der Waals surface area contributed by atoms with E-state index in [4.69, 9.17) is 15.7 Å². The summed E-state index contributed by atoms with van der Waals surface area (Å²) in [6, 6.07) is 4.45. The Labute approximate surface area is 107 Å². The summed E-state index contributed by atoms with van der Waals surface area (Å²) in [6.07, 6.45) is 0.518. The maximum absolute atomic E-state index is 8.69. The van der Waals surface area contributed by atoms with Crippen molar-refractivity contribution in [2.75, 3.05) is 33.4 Å². The van der Waals surface area contributed by atoms with Crippen LogP contribution in [0.2, 0.25) is 0 Å². The Hall–Kier alpha value is -0.930. The molecule has 1 unspecified atom stereocenters. The molecule has 17 heavy (non-hydrogen) atoms. The highest BCUT2D eigenvalue weighted by atomic mass is 32.1. The molecule has 0 aliphatic rings. The monoisotopic (exact) mass is 253 g/mol. The van der Waals surface area contributed by atoms with Crippen molar-refractivity contribution in [3.63, 3.8) is 0 Å². The molecule has 1 atom stereocenters. The fourth-order valence-corrected chi connectivity index (χ4v) is 2.49. The molecule has 0 aromatic carbocycles. The molecule has 94 valence electrons. The van der Waals surface area contributed by atoms with Crippen molar-refractivity contribution < 1.29 is 4.74 Å². The molecule has 5 heteroatoms. The van der Waals surface area contributed by atoms with E-state index < -0.39 is 0 Å². The van der Waals surface area contributed by atoms with Crippen molar-refractivity contribution in [1.82, 2.24) is 4.90 Å². The van der Waals surface area contributed by atoms with Gasteiger partial charge in [-0.25, -0.2) is 0 Å². The van der Waals surface area contributed by atoms with Gasteiger partial charge in [-0.15, -0.1) is 0 Å². The van der Waals surface area contributed by atoms with Crippen LogP contribution in [0.5, 0.6) is 0 Å². The van der Waals surface area contributed by atoms with Gasteiger partial charge in [0.25, 0.3) is 0 Å². The summed E-state index contributed by atoms with van der Waals surface area (Å²) in [5.41, 5.74) is 7.08. The molecule has 2 N–H and O–H groups in total. The Kier molecular flexibility index (Phi) is 6.82.